The monoisotopic (exact) mass is 478 g/mol. The Hall–Kier alpha value is -1.33. The molecule has 0 radical (unpaired) electrons. The Labute approximate surface area is 186 Å². The summed E-state index contributed by atoms with van der Waals surface area (Å²) in [6, 6.07) is 0. The molecule has 11 nitrogen and oxygen atoms in total. The number of rotatable bonds is 9. The van der Waals surface area contributed by atoms with Crippen LogP contribution in [0.3, 0.4) is 0 Å². The lowest BCUT2D eigenvalue weighted by Crippen LogP contribution is -2.41. The second-order valence-corrected chi connectivity index (χ2v) is 10.9. The van der Waals surface area contributed by atoms with Crippen molar-refractivity contribution in [2.75, 3.05) is 0 Å². The van der Waals surface area contributed by atoms with Crippen molar-refractivity contribution in [3.05, 3.63) is 32.6 Å². The second-order valence-electron chi connectivity index (χ2n) is 8.69. The smallest absolute Gasteiger partial charge is 0.359 e. The minimum Gasteiger partial charge on any atom is -0.388 e. The molecule has 2 heterocycles. The van der Waals surface area contributed by atoms with Gasteiger partial charge in [-0.2, -0.15) is 0 Å². The van der Waals surface area contributed by atoms with E-state index in [2.05, 4.69) is 0 Å². The van der Waals surface area contributed by atoms with Gasteiger partial charge in [0.25, 0.3) is 5.56 Å². The molecule has 4 N–H and O–H groups in total. The van der Waals surface area contributed by atoms with E-state index in [1.807, 2.05) is 0 Å². The van der Waals surface area contributed by atoms with Crippen molar-refractivity contribution >= 4 is 7.60 Å². The predicted molar refractivity (Wildman–Crippen MR) is 116 cm³/mol. The van der Waals surface area contributed by atoms with Gasteiger partial charge < -0.3 is 29.5 Å². The van der Waals surface area contributed by atoms with E-state index in [-0.39, 0.29) is 31.2 Å². The fraction of sp³-hybridized carbons (Fsp3) is 0.800. The van der Waals surface area contributed by atoms with Crippen LogP contribution in [0.2, 0.25) is 0 Å². The van der Waals surface area contributed by atoms with Crippen LogP contribution < -0.4 is 11.2 Å². The average molecular weight is 478 g/mol. The van der Waals surface area contributed by atoms with Gasteiger partial charge in [-0.3, -0.25) is 18.5 Å². The molecular formula is C20H35N2O9P. The number of nitrogens with zero attached hydrogens (tertiary/aromatic N) is 2. The Kier molecular flexibility index (Phi) is 7.99. The summed E-state index contributed by atoms with van der Waals surface area (Å²) in [5.74, 6) is 0. The van der Waals surface area contributed by atoms with E-state index in [1.54, 1.807) is 20.8 Å². The Morgan fingerprint density at radius 1 is 1.12 bits per heavy atom. The fourth-order valence-electron chi connectivity index (χ4n) is 3.84. The van der Waals surface area contributed by atoms with Gasteiger partial charge in [0, 0.05) is 26.7 Å². The first kappa shape index (κ1) is 26.9. The number of aryl methyl sites for hydroxylation is 1. The van der Waals surface area contributed by atoms with Crippen molar-refractivity contribution in [1.82, 2.24) is 9.13 Å². The molecule has 0 aromatic carbocycles. The third-order valence-electron chi connectivity index (χ3n) is 6.60. The van der Waals surface area contributed by atoms with Gasteiger partial charge >= 0.3 is 13.3 Å². The minimum atomic E-state index is -4.48. The van der Waals surface area contributed by atoms with Crippen LogP contribution in [0.1, 0.15) is 65.0 Å². The second kappa shape index (κ2) is 9.50. The standard InChI is InChI=1S/C20H35N2O9P/c1-7-19(4,27)32(28,29)31-20(8-2,9-3)10-13-14(23)15(24)16(30-13)12-11-21(5)18(26)22(6)17(12)25/h11,13-16,23-24,27H,7-10H2,1-6H3,(H,28,29)/t13-,14-,15-,16+,19?/m1/s1. The normalized spacial score (nSPS) is 27.8. The van der Waals surface area contributed by atoms with E-state index in [1.165, 1.54) is 31.8 Å². The Balaban J connectivity index is 2.37. The zero-order valence-electron chi connectivity index (χ0n) is 19.4. The average Bonchev–Trinajstić information content (AvgIpc) is 3.01. The predicted octanol–water partition coefficient (Wildman–Crippen LogP) is 0.515. The number of ether oxygens (including phenoxy) is 1. The van der Waals surface area contributed by atoms with Crippen molar-refractivity contribution in [2.45, 2.75) is 88.7 Å². The molecule has 1 aliphatic rings. The molecule has 0 saturated carbocycles. The largest absolute Gasteiger partial charge is 0.388 e. The molecule has 184 valence electrons. The van der Waals surface area contributed by atoms with E-state index in [0.717, 1.165) is 4.57 Å². The number of hydrogen-bond donors (Lipinski definition) is 4. The van der Waals surface area contributed by atoms with Gasteiger partial charge in [0.1, 0.15) is 18.3 Å². The molecule has 0 bridgehead atoms. The summed E-state index contributed by atoms with van der Waals surface area (Å²) >= 11 is 0. The molecule has 6 atom stereocenters. The van der Waals surface area contributed by atoms with Gasteiger partial charge in [-0.25, -0.2) is 4.79 Å². The molecular weight excluding hydrogens is 443 g/mol. The topological polar surface area (TPSA) is 160 Å². The summed E-state index contributed by atoms with van der Waals surface area (Å²) in [5, 5.41) is 29.6. The van der Waals surface area contributed by atoms with Crippen molar-refractivity contribution in [1.29, 1.82) is 0 Å². The summed E-state index contributed by atoms with van der Waals surface area (Å²) in [6.45, 7) is 6.26. The highest BCUT2D eigenvalue weighted by molar-refractivity contribution is 7.54. The van der Waals surface area contributed by atoms with Crippen LogP contribution in [0.25, 0.3) is 0 Å². The van der Waals surface area contributed by atoms with Crippen molar-refractivity contribution in [3.63, 3.8) is 0 Å². The van der Waals surface area contributed by atoms with Gasteiger partial charge in [0.05, 0.1) is 17.3 Å². The van der Waals surface area contributed by atoms with Gasteiger partial charge in [-0.05, 0) is 26.2 Å². The molecule has 2 rings (SSSR count). The van der Waals surface area contributed by atoms with E-state index >= 15 is 0 Å². The molecule has 1 fully saturated rings. The summed E-state index contributed by atoms with van der Waals surface area (Å²) in [7, 11) is -1.73. The molecule has 0 aliphatic carbocycles. The van der Waals surface area contributed by atoms with Crippen LogP contribution in [0.5, 0.6) is 0 Å². The van der Waals surface area contributed by atoms with Gasteiger partial charge in [0.15, 0.2) is 5.34 Å². The zero-order valence-corrected chi connectivity index (χ0v) is 20.3. The molecule has 1 aromatic heterocycles. The first-order chi connectivity index (χ1) is 14.7. The Morgan fingerprint density at radius 2 is 1.69 bits per heavy atom. The lowest BCUT2D eigenvalue weighted by Gasteiger charge is -2.39. The van der Waals surface area contributed by atoms with E-state index in [0.29, 0.717) is 0 Å². The first-order valence-corrected chi connectivity index (χ1v) is 12.3. The number of aromatic nitrogens is 2. The van der Waals surface area contributed by atoms with Crippen LogP contribution in [-0.4, -0.2) is 58.6 Å². The lowest BCUT2D eigenvalue weighted by atomic mass is 9.88. The maximum atomic E-state index is 12.8. The zero-order chi connectivity index (χ0) is 24.6. The summed E-state index contributed by atoms with van der Waals surface area (Å²) in [4.78, 5) is 35.0. The van der Waals surface area contributed by atoms with Gasteiger partial charge in [0.2, 0.25) is 0 Å². The molecule has 1 aromatic rings. The van der Waals surface area contributed by atoms with E-state index in [9.17, 15) is 34.4 Å². The minimum absolute atomic E-state index is 0.00455. The third kappa shape index (κ3) is 4.79. The SMILES string of the molecule is CCC(CC)(C[C@H]1O[C@@H](c2cn(C)c(=O)n(C)c2=O)[C@H](O)[C@@H]1O)OP(=O)(O)C(C)(O)CC. The van der Waals surface area contributed by atoms with E-state index in [4.69, 9.17) is 9.26 Å². The highest BCUT2D eigenvalue weighted by Crippen LogP contribution is 2.59. The summed E-state index contributed by atoms with van der Waals surface area (Å²) in [6.07, 6.45) is -3.38. The van der Waals surface area contributed by atoms with E-state index < -0.39 is 54.2 Å². The first-order valence-electron chi connectivity index (χ1n) is 10.7. The van der Waals surface area contributed by atoms with Crippen molar-refractivity contribution in [3.8, 4) is 0 Å². The van der Waals surface area contributed by atoms with Crippen molar-refractivity contribution < 1.29 is 34.0 Å². The highest BCUT2D eigenvalue weighted by atomic mass is 31.2. The van der Waals surface area contributed by atoms with Gasteiger partial charge in [-0.1, -0.05) is 20.8 Å². The molecule has 32 heavy (non-hydrogen) atoms. The Morgan fingerprint density at radius 3 is 2.19 bits per heavy atom. The molecule has 0 spiro atoms. The molecule has 2 unspecified atom stereocenters. The van der Waals surface area contributed by atoms with Crippen LogP contribution in [-0.2, 0) is 27.9 Å². The maximum absolute atomic E-state index is 12.8. The number of aliphatic hydroxyl groups excluding tert-OH is 2. The van der Waals surface area contributed by atoms with Crippen molar-refractivity contribution in [2.24, 2.45) is 14.1 Å². The molecule has 1 aliphatic heterocycles. The Bertz CT molecular complexity index is 982. The lowest BCUT2D eigenvalue weighted by molar-refractivity contribution is -0.0620. The number of aliphatic hydroxyl groups is 3. The van der Waals surface area contributed by atoms with Gasteiger partial charge in [-0.15, -0.1) is 0 Å². The maximum Gasteiger partial charge on any atom is 0.359 e. The third-order valence-corrected chi connectivity index (χ3v) is 8.77. The van der Waals surface area contributed by atoms with Crippen LogP contribution in [0, 0.1) is 0 Å². The van der Waals surface area contributed by atoms with Crippen LogP contribution >= 0.6 is 7.60 Å². The summed E-state index contributed by atoms with van der Waals surface area (Å²) < 4.78 is 26.3. The van der Waals surface area contributed by atoms with Crippen LogP contribution in [0.15, 0.2) is 15.8 Å². The molecule has 0 amide bonds. The highest BCUT2D eigenvalue weighted by Gasteiger charge is 2.51. The summed E-state index contributed by atoms with van der Waals surface area (Å²) in [5.41, 5.74) is -2.44. The molecule has 1 saturated heterocycles. The molecule has 12 heteroatoms. The van der Waals surface area contributed by atoms with Crippen LogP contribution in [0.4, 0.5) is 0 Å². The quantitative estimate of drug-likeness (QED) is 0.371. The number of hydrogen-bond acceptors (Lipinski definition) is 8. The fourth-order valence-corrected chi connectivity index (χ4v) is 5.29.